The van der Waals surface area contributed by atoms with E-state index in [1.54, 1.807) is 6.92 Å². The lowest BCUT2D eigenvalue weighted by atomic mass is 9.85. The van der Waals surface area contributed by atoms with E-state index in [2.05, 4.69) is 56.0 Å². The first kappa shape index (κ1) is 22.5. The molecule has 26 heavy (non-hydrogen) atoms. The molecule has 0 aliphatic heterocycles. The van der Waals surface area contributed by atoms with Crippen molar-refractivity contribution in [2.45, 2.75) is 78.1 Å². The molecule has 1 aromatic heterocycles. The molecule has 0 fully saturated rings. The number of nitrogens with two attached hydrogens (primary N) is 1. The van der Waals surface area contributed by atoms with Gasteiger partial charge in [0.05, 0.1) is 12.7 Å². The summed E-state index contributed by atoms with van der Waals surface area (Å²) in [4.78, 5) is 22.8. The number of nitrogens with one attached hydrogen (secondary N) is 1. The van der Waals surface area contributed by atoms with Crippen LogP contribution in [0.3, 0.4) is 0 Å². The Bertz CT molecular complexity index is 607. The van der Waals surface area contributed by atoms with Crippen LogP contribution in [0.5, 0.6) is 0 Å². The van der Waals surface area contributed by atoms with Gasteiger partial charge in [-0.05, 0) is 24.7 Å². The highest BCUT2D eigenvalue weighted by Gasteiger charge is 2.23. The van der Waals surface area contributed by atoms with Gasteiger partial charge in [-0.2, -0.15) is 12.6 Å². The zero-order chi connectivity index (χ0) is 20.0. The lowest BCUT2D eigenvalue weighted by molar-refractivity contribution is -0.123. The van der Waals surface area contributed by atoms with Gasteiger partial charge in [0.15, 0.2) is 0 Å². The number of primary amides is 1. The molecule has 0 saturated carbocycles. The molecule has 0 unspecified atom stereocenters. The highest BCUT2D eigenvalue weighted by atomic mass is 32.1. The number of amides is 2. The second-order valence-electron chi connectivity index (χ2n) is 8.50. The van der Waals surface area contributed by atoms with Crippen LogP contribution in [-0.4, -0.2) is 31.6 Å². The normalized spacial score (nSPS) is 13.5. The average Bonchev–Trinajstić information content (AvgIpc) is 2.94. The standard InChI is InChI=1S/C18H33N5O2S/c1-13(16(19)25)6-7-15(24)20-10-14-11-23(22-21-14)12-17(2,3)8-9-18(4,5)26/h11,13,26H,6-10,12H2,1-5H3,(H2,19,25)(H,20,24)/t13-/m1/s1. The number of hydrogen-bond donors (Lipinski definition) is 3. The van der Waals surface area contributed by atoms with E-state index in [1.165, 1.54) is 0 Å². The van der Waals surface area contributed by atoms with Gasteiger partial charge >= 0.3 is 0 Å². The fourth-order valence-corrected chi connectivity index (χ4v) is 2.54. The molecule has 0 radical (unpaired) electrons. The van der Waals surface area contributed by atoms with Gasteiger partial charge in [0.1, 0.15) is 5.69 Å². The van der Waals surface area contributed by atoms with Crippen LogP contribution < -0.4 is 11.1 Å². The molecular weight excluding hydrogens is 350 g/mol. The van der Waals surface area contributed by atoms with E-state index in [0.29, 0.717) is 18.7 Å². The zero-order valence-corrected chi connectivity index (χ0v) is 17.5. The van der Waals surface area contributed by atoms with Crippen molar-refractivity contribution in [3.05, 3.63) is 11.9 Å². The minimum atomic E-state index is -0.385. The lowest BCUT2D eigenvalue weighted by Gasteiger charge is -2.28. The van der Waals surface area contributed by atoms with Crippen LogP contribution >= 0.6 is 12.6 Å². The van der Waals surface area contributed by atoms with E-state index in [4.69, 9.17) is 5.73 Å². The third-order valence-electron chi connectivity index (χ3n) is 4.35. The Hall–Kier alpha value is -1.57. The quantitative estimate of drug-likeness (QED) is 0.510. The van der Waals surface area contributed by atoms with Crippen molar-refractivity contribution in [1.29, 1.82) is 0 Å². The molecule has 2 amide bonds. The van der Waals surface area contributed by atoms with Crippen LogP contribution in [0.25, 0.3) is 0 Å². The summed E-state index contributed by atoms with van der Waals surface area (Å²) in [5.74, 6) is -0.806. The molecule has 0 spiro atoms. The molecule has 7 nitrogen and oxygen atoms in total. The van der Waals surface area contributed by atoms with Gasteiger partial charge in [0.2, 0.25) is 11.8 Å². The Labute approximate surface area is 161 Å². The van der Waals surface area contributed by atoms with Crippen molar-refractivity contribution in [3.8, 4) is 0 Å². The van der Waals surface area contributed by atoms with Crippen LogP contribution in [0.15, 0.2) is 6.20 Å². The average molecular weight is 384 g/mol. The first-order chi connectivity index (χ1) is 11.9. The smallest absolute Gasteiger partial charge is 0.220 e. The molecule has 1 aromatic rings. The van der Waals surface area contributed by atoms with Crippen LogP contribution in [-0.2, 0) is 22.7 Å². The van der Waals surface area contributed by atoms with Crippen molar-refractivity contribution < 1.29 is 9.59 Å². The maximum Gasteiger partial charge on any atom is 0.220 e. The lowest BCUT2D eigenvalue weighted by Crippen LogP contribution is -2.26. The highest BCUT2D eigenvalue weighted by molar-refractivity contribution is 7.81. The second-order valence-corrected chi connectivity index (χ2v) is 9.71. The number of carbonyl (C=O) groups is 2. The SMILES string of the molecule is C[C@H](CCC(=O)NCc1cn(CC(C)(C)CCC(C)(C)S)nn1)C(N)=O. The van der Waals surface area contributed by atoms with Crippen LogP contribution in [0, 0.1) is 11.3 Å². The fraction of sp³-hybridized carbons (Fsp3) is 0.778. The minimum absolute atomic E-state index is 0.0150. The van der Waals surface area contributed by atoms with Gasteiger partial charge in [0, 0.05) is 23.6 Å². The summed E-state index contributed by atoms with van der Waals surface area (Å²) < 4.78 is 1.84. The fourth-order valence-electron chi connectivity index (χ4n) is 2.43. The zero-order valence-electron chi connectivity index (χ0n) is 16.6. The Morgan fingerprint density at radius 2 is 1.96 bits per heavy atom. The maximum absolute atomic E-state index is 11.8. The number of thiol groups is 1. The topological polar surface area (TPSA) is 103 Å². The summed E-state index contributed by atoms with van der Waals surface area (Å²) >= 11 is 4.58. The molecule has 0 aromatic carbocycles. The van der Waals surface area contributed by atoms with Gasteiger partial charge in [-0.15, -0.1) is 5.10 Å². The van der Waals surface area contributed by atoms with E-state index in [-0.39, 0.29) is 34.3 Å². The van der Waals surface area contributed by atoms with Gasteiger partial charge < -0.3 is 11.1 Å². The van der Waals surface area contributed by atoms with Crippen LogP contribution in [0.1, 0.15) is 66.0 Å². The third-order valence-corrected chi connectivity index (χ3v) is 4.57. The van der Waals surface area contributed by atoms with E-state index >= 15 is 0 Å². The Kier molecular flexibility index (Phi) is 8.12. The predicted molar refractivity (Wildman–Crippen MR) is 106 cm³/mol. The molecule has 1 heterocycles. The summed E-state index contributed by atoms with van der Waals surface area (Å²) in [6.45, 7) is 11.4. The van der Waals surface area contributed by atoms with Gasteiger partial charge in [-0.1, -0.05) is 39.8 Å². The number of rotatable bonds is 11. The molecule has 0 aliphatic rings. The molecule has 3 N–H and O–H groups in total. The second kappa shape index (κ2) is 9.39. The Balaban J connectivity index is 2.43. The number of hydrogen-bond acceptors (Lipinski definition) is 5. The van der Waals surface area contributed by atoms with E-state index in [0.717, 1.165) is 19.4 Å². The molecule has 0 saturated heterocycles. The molecule has 8 heteroatoms. The minimum Gasteiger partial charge on any atom is -0.369 e. The predicted octanol–water partition coefficient (Wildman–Crippen LogP) is 2.31. The van der Waals surface area contributed by atoms with Gasteiger partial charge in [-0.25, -0.2) is 0 Å². The third kappa shape index (κ3) is 9.22. The molecule has 0 aliphatic carbocycles. The van der Waals surface area contributed by atoms with E-state index < -0.39 is 0 Å². The van der Waals surface area contributed by atoms with Gasteiger partial charge in [0.25, 0.3) is 0 Å². The van der Waals surface area contributed by atoms with Crippen molar-refractivity contribution >= 4 is 24.4 Å². The van der Waals surface area contributed by atoms with Gasteiger partial charge in [-0.3, -0.25) is 14.3 Å². The monoisotopic (exact) mass is 383 g/mol. The molecular formula is C18H33N5O2S. The van der Waals surface area contributed by atoms with E-state index in [1.807, 2.05) is 10.9 Å². The summed E-state index contributed by atoms with van der Waals surface area (Å²) in [7, 11) is 0. The Morgan fingerprint density at radius 1 is 1.31 bits per heavy atom. The largest absolute Gasteiger partial charge is 0.369 e. The van der Waals surface area contributed by atoms with Crippen molar-refractivity contribution in [2.75, 3.05) is 0 Å². The van der Waals surface area contributed by atoms with Crippen molar-refractivity contribution in [1.82, 2.24) is 20.3 Å². The number of aromatic nitrogens is 3. The highest BCUT2D eigenvalue weighted by Crippen LogP contribution is 2.30. The Morgan fingerprint density at radius 3 is 2.54 bits per heavy atom. The maximum atomic E-state index is 11.8. The van der Waals surface area contributed by atoms with E-state index in [9.17, 15) is 9.59 Å². The number of carbonyl (C=O) groups excluding carboxylic acids is 2. The summed E-state index contributed by atoms with van der Waals surface area (Å²) in [5, 5.41) is 11.1. The molecule has 1 atom stereocenters. The summed E-state index contributed by atoms with van der Waals surface area (Å²) in [6.07, 6.45) is 4.63. The van der Waals surface area contributed by atoms with Crippen molar-refractivity contribution in [2.24, 2.45) is 17.1 Å². The first-order valence-electron chi connectivity index (χ1n) is 9.05. The number of nitrogens with zero attached hydrogens (tertiary/aromatic N) is 3. The summed E-state index contributed by atoms with van der Waals surface area (Å²) in [6, 6.07) is 0. The summed E-state index contributed by atoms with van der Waals surface area (Å²) in [5.41, 5.74) is 5.99. The van der Waals surface area contributed by atoms with Crippen LogP contribution in [0.2, 0.25) is 0 Å². The first-order valence-corrected chi connectivity index (χ1v) is 9.50. The molecule has 1 rings (SSSR count). The molecule has 148 valence electrons. The van der Waals surface area contributed by atoms with Crippen molar-refractivity contribution in [3.63, 3.8) is 0 Å². The molecule has 0 bridgehead atoms. The van der Waals surface area contributed by atoms with Crippen LogP contribution in [0.4, 0.5) is 0 Å².